The molecule has 0 aliphatic rings. The molecule has 0 amide bonds. The number of halogens is 3. The zero-order valence-electron chi connectivity index (χ0n) is 10.8. The van der Waals surface area contributed by atoms with Crippen molar-refractivity contribution in [1.82, 2.24) is 5.32 Å². The average molecular weight is 336 g/mol. The summed E-state index contributed by atoms with van der Waals surface area (Å²) in [7, 11) is -2.26. The summed E-state index contributed by atoms with van der Waals surface area (Å²) >= 11 is 1.23. The zero-order chi connectivity index (χ0) is 15.6. The number of benzene rings is 1. The van der Waals surface area contributed by atoms with Crippen LogP contribution in [0.5, 0.6) is 0 Å². The van der Waals surface area contributed by atoms with Crippen molar-refractivity contribution in [3.05, 3.63) is 45.9 Å². The van der Waals surface area contributed by atoms with E-state index in [9.17, 15) is 21.6 Å². The van der Waals surface area contributed by atoms with Crippen molar-refractivity contribution >= 4 is 27.0 Å². The fourth-order valence-corrected chi connectivity index (χ4v) is 3.92. The van der Waals surface area contributed by atoms with E-state index in [1.165, 1.54) is 22.8 Å². The number of sulfonamides is 1. The summed E-state index contributed by atoms with van der Waals surface area (Å²) < 4.78 is 65.1. The minimum atomic E-state index is -3.98. The molecule has 0 saturated heterocycles. The van der Waals surface area contributed by atoms with Gasteiger partial charge >= 0.3 is 0 Å². The highest BCUT2D eigenvalue weighted by Crippen LogP contribution is 2.24. The fraction of sp³-hybridized carbons (Fsp3) is 0.167. The van der Waals surface area contributed by atoms with Crippen molar-refractivity contribution in [1.29, 1.82) is 0 Å². The van der Waals surface area contributed by atoms with Gasteiger partial charge in [-0.15, -0.1) is 11.3 Å². The maximum Gasteiger partial charge on any atom is 0.262 e. The van der Waals surface area contributed by atoms with Crippen LogP contribution in [0.25, 0.3) is 0 Å². The van der Waals surface area contributed by atoms with Crippen LogP contribution in [0.15, 0.2) is 28.5 Å². The van der Waals surface area contributed by atoms with Crippen molar-refractivity contribution < 1.29 is 21.6 Å². The lowest BCUT2D eigenvalue weighted by Crippen LogP contribution is -2.13. The van der Waals surface area contributed by atoms with Gasteiger partial charge in [0.25, 0.3) is 10.0 Å². The predicted molar refractivity (Wildman–Crippen MR) is 74.2 cm³/mol. The Kier molecular flexibility index (Phi) is 4.55. The zero-order valence-corrected chi connectivity index (χ0v) is 12.4. The smallest absolute Gasteiger partial charge is 0.262 e. The van der Waals surface area contributed by atoms with Gasteiger partial charge in [0.15, 0.2) is 17.5 Å². The first kappa shape index (κ1) is 15.8. The van der Waals surface area contributed by atoms with E-state index >= 15 is 0 Å². The van der Waals surface area contributed by atoms with E-state index in [1.54, 1.807) is 7.05 Å². The van der Waals surface area contributed by atoms with Crippen LogP contribution in [-0.4, -0.2) is 15.5 Å². The number of hydrogen-bond donors (Lipinski definition) is 2. The van der Waals surface area contributed by atoms with Gasteiger partial charge in [0.05, 0.1) is 10.6 Å². The highest BCUT2D eigenvalue weighted by atomic mass is 32.2. The number of thiophene rings is 1. The van der Waals surface area contributed by atoms with Crippen molar-refractivity contribution in [2.45, 2.75) is 11.4 Å². The highest BCUT2D eigenvalue weighted by Gasteiger charge is 2.18. The topological polar surface area (TPSA) is 58.2 Å². The molecule has 1 aromatic carbocycles. The Morgan fingerprint density at radius 2 is 1.76 bits per heavy atom. The summed E-state index contributed by atoms with van der Waals surface area (Å²) in [5.74, 6) is -4.58. The molecular formula is C12H11F3N2O2S2. The monoisotopic (exact) mass is 336 g/mol. The van der Waals surface area contributed by atoms with Crippen LogP contribution in [-0.2, 0) is 16.6 Å². The molecule has 0 atom stereocenters. The van der Waals surface area contributed by atoms with Crippen molar-refractivity contribution in [2.75, 3.05) is 11.8 Å². The Hall–Kier alpha value is -1.58. The highest BCUT2D eigenvalue weighted by molar-refractivity contribution is 7.92. The molecular weight excluding hydrogens is 325 g/mol. The maximum absolute atomic E-state index is 13.1. The lowest BCUT2D eigenvalue weighted by molar-refractivity contribution is 0.448. The Bertz CT molecular complexity index is 737. The molecule has 1 aromatic heterocycles. The quantitative estimate of drug-likeness (QED) is 0.826. The second kappa shape index (κ2) is 6.04. The molecule has 0 bridgehead atoms. The van der Waals surface area contributed by atoms with Crippen molar-refractivity contribution in [2.24, 2.45) is 0 Å². The molecule has 0 aliphatic carbocycles. The van der Waals surface area contributed by atoms with Crippen molar-refractivity contribution in [3.8, 4) is 0 Å². The normalized spacial score (nSPS) is 11.6. The summed E-state index contributed by atoms with van der Waals surface area (Å²) in [6.45, 7) is 0.500. The van der Waals surface area contributed by atoms with E-state index in [1.807, 2.05) is 4.72 Å². The summed E-state index contributed by atoms with van der Waals surface area (Å²) in [6, 6.07) is 2.60. The molecule has 21 heavy (non-hydrogen) atoms. The minimum absolute atomic E-state index is 0.0251. The van der Waals surface area contributed by atoms with Gasteiger partial charge in [-0.1, -0.05) is 0 Å². The third kappa shape index (κ3) is 3.55. The SMILES string of the molecule is CNCc1cc(S(=O)(=O)Nc2cc(F)c(F)c(F)c2)cs1. The van der Waals surface area contributed by atoms with Gasteiger partial charge in [-0.25, -0.2) is 21.6 Å². The lowest BCUT2D eigenvalue weighted by Gasteiger charge is -2.07. The molecule has 0 unspecified atom stereocenters. The molecule has 0 spiro atoms. The van der Waals surface area contributed by atoms with Gasteiger partial charge in [-0.05, 0) is 13.1 Å². The van der Waals surface area contributed by atoms with E-state index < -0.39 is 27.5 Å². The first-order valence-corrected chi connectivity index (χ1v) is 8.09. The van der Waals surface area contributed by atoms with Crippen LogP contribution >= 0.6 is 11.3 Å². The molecule has 2 rings (SSSR count). The Balaban J connectivity index is 2.28. The molecule has 0 saturated carbocycles. The van der Waals surface area contributed by atoms with E-state index in [2.05, 4.69) is 5.32 Å². The average Bonchev–Trinajstić information content (AvgIpc) is 2.85. The van der Waals surface area contributed by atoms with Crippen molar-refractivity contribution in [3.63, 3.8) is 0 Å². The number of hydrogen-bond acceptors (Lipinski definition) is 4. The van der Waals surface area contributed by atoms with E-state index in [0.717, 1.165) is 4.88 Å². The van der Waals surface area contributed by atoms with E-state index in [4.69, 9.17) is 0 Å². The Morgan fingerprint density at radius 3 is 2.33 bits per heavy atom. The predicted octanol–water partition coefficient (Wildman–Crippen LogP) is 2.69. The molecule has 114 valence electrons. The first-order valence-electron chi connectivity index (χ1n) is 5.73. The molecule has 0 fully saturated rings. The van der Waals surface area contributed by atoms with Gasteiger partial charge < -0.3 is 5.32 Å². The number of anilines is 1. The van der Waals surface area contributed by atoms with Crippen LogP contribution in [0.4, 0.5) is 18.9 Å². The maximum atomic E-state index is 13.1. The lowest BCUT2D eigenvalue weighted by atomic mass is 10.3. The van der Waals surface area contributed by atoms with E-state index in [0.29, 0.717) is 18.7 Å². The summed E-state index contributed by atoms with van der Waals surface area (Å²) in [4.78, 5) is 0.761. The van der Waals surface area contributed by atoms with Crippen LogP contribution in [0, 0.1) is 17.5 Å². The van der Waals surface area contributed by atoms with E-state index in [-0.39, 0.29) is 10.6 Å². The third-order valence-corrected chi connectivity index (χ3v) is 4.97. The molecule has 9 heteroatoms. The van der Waals surface area contributed by atoms with Crippen LogP contribution in [0.2, 0.25) is 0 Å². The largest absolute Gasteiger partial charge is 0.315 e. The summed E-state index contributed by atoms with van der Waals surface area (Å²) in [5.41, 5.74) is -0.382. The molecule has 1 heterocycles. The van der Waals surface area contributed by atoms with Gasteiger partial charge in [-0.2, -0.15) is 0 Å². The summed E-state index contributed by atoms with van der Waals surface area (Å²) in [5, 5.41) is 4.28. The van der Waals surface area contributed by atoms with Gasteiger partial charge in [-0.3, -0.25) is 4.72 Å². The standard InChI is InChI=1S/C12H11F3N2O2S2/c1-16-5-8-4-9(6-20-8)21(18,19)17-7-2-10(13)12(15)11(14)3-7/h2-4,6,16-17H,5H2,1H3. The molecule has 4 nitrogen and oxygen atoms in total. The van der Waals surface area contributed by atoms with Crippen LogP contribution in [0.3, 0.4) is 0 Å². The third-order valence-electron chi connectivity index (χ3n) is 2.53. The van der Waals surface area contributed by atoms with Crippen LogP contribution < -0.4 is 10.0 Å². The second-order valence-electron chi connectivity index (χ2n) is 4.14. The minimum Gasteiger partial charge on any atom is -0.315 e. The summed E-state index contributed by atoms with van der Waals surface area (Å²) in [6.07, 6.45) is 0. The second-order valence-corrected chi connectivity index (χ2v) is 6.82. The molecule has 2 N–H and O–H groups in total. The fourth-order valence-electron chi connectivity index (χ4n) is 1.60. The van der Waals surface area contributed by atoms with Gasteiger partial charge in [0.1, 0.15) is 0 Å². The number of rotatable bonds is 5. The van der Waals surface area contributed by atoms with Crippen LogP contribution in [0.1, 0.15) is 4.88 Å². The van der Waals surface area contributed by atoms with Gasteiger partial charge in [0.2, 0.25) is 0 Å². The Labute approximate surface area is 123 Å². The Morgan fingerprint density at radius 1 is 1.14 bits per heavy atom. The molecule has 2 aromatic rings. The number of nitrogens with one attached hydrogen (secondary N) is 2. The molecule has 0 radical (unpaired) electrons. The van der Waals surface area contributed by atoms with Gasteiger partial charge in [0, 0.05) is 28.9 Å². The first-order chi connectivity index (χ1) is 9.83. The molecule has 0 aliphatic heterocycles.